The highest BCUT2D eigenvalue weighted by molar-refractivity contribution is 4.98. The van der Waals surface area contributed by atoms with Gasteiger partial charge in [0.1, 0.15) is 0 Å². The molecular weight excluding hydrogens is 220 g/mol. The third-order valence-corrected chi connectivity index (χ3v) is 5.29. The molecule has 1 aliphatic carbocycles. The van der Waals surface area contributed by atoms with Crippen LogP contribution in [0.1, 0.15) is 71.6 Å². The summed E-state index contributed by atoms with van der Waals surface area (Å²) < 4.78 is 0. The highest BCUT2D eigenvalue weighted by Crippen LogP contribution is 2.36. The van der Waals surface area contributed by atoms with Crippen molar-refractivity contribution in [3.63, 3.8) is 0 Å². The van der Waals surface area contributed by atoms with E-state index in [1.165, 1.54) is 57.8 Å². The SMILES string of the molecule is CCC(CC)CC(N)C1(N(C)C)CCCCCC1. The van der Waals surface area contributed by atoms with Gasteiger partial charge in [-0.2, -0.15) is 0 Å². The van der Waals surface area contributed by atoms with E-state index in [0.717, 1.165) is 5.92 Å². The van der Waals surface area contributed by atoms with E-state index < -0.39 is 0 Å². The van der Waals surface area contributed by atoms with Gasteiger partial charge in [-0.25, -0.2) is 0 Å². The van der Waals surface area contributed by atoms with Crippen LogP contribution in [0.2, 0.25) is 0 Å². The molecule has 2 N–H and O–H groups in total. The average Bonchev–Trinajstić information content (AvgIpc) is 2.62. The predicted octanol–water partition coefficient (Wildman–Crippen LogP) is 3.79. The first-order valence-electron chi connectivity index (χ1n) is 7.99. The van der Waals surface area contributed by atoms with E-state index in [9.17, 15) is 0 Å². The maximum Gasteiger partial charge on any atom is 0.0354 e. The van der Waals surface area contributed by atoms with Gasteiger partial charge in [-0.1, -0.05) is 52.4 Å². The summed E-state index contributed by atoms with van der Waals surface area (Å²) in [6.07, 6.45) is 11.8. The monoisotopic (exact) mass is 254 g/mol. The Morgan fingerprint density at radius 3 is 1.89 bits per heavy atom. The molecule has 0 bridgehead atoms. The largest absolute Gasteiger partial charge is 0.326 e. The molecule has 0 saturated heterocycles. The minimum atomic E-state index is 0.263. The van der Waals surface area contributed by atoms with Gasteiger partial charge in [-0.3, -0.25) is 0 Å². The molecule has 0 aromatic heterocycles. The number of hydrogen-bond donors (Lipinski definition) is 1. The zero-order valence-corrected chi connectivity index (χ0v) is 13.0. The van der Waals surface area contributed by atoms with Crippen LogP contribution in [0, 0.1) is 5.92 Å². The molecule has 2 heteroatoms. The molecule has 1 atom stereocenters. The Morgan fingerprint density at radius 1 is 1.00 bits per heavy atom. The van der Waals surface area contributed by atoms with E-state index in [0.29, 0.717) is 6.04 Å². The molecule has 18 heavy (non-hydrogen) atoms. The minimum absolute atomic E-state index is 0.263. The molecule has 1 aliphatic rings. The Labute approximate surface area is 114 Å². The summed E-state index contributed by atoms with van der Waals surface area (Å²) in [7, 11) is 4.47. The summed E-state index contributed by atoms with van der Waals surface area (Å²) in [6.45, 7) is 4.60. The molecule has 0 aromatic rings. The van der Waals surface area contributed by atoms with Gasteiger partial charge in [-0.15, -0.1) is 0 Å². The average molecular weight is 254 g/mol. The van der Waals surface area contributed by atoms with E-state index in [1.54, 1.807) is 0 Å². The Morgan fingerprint density at radius 2 is 1.50 bits per heavy atom. The number of nitrogens with zero attached hydrogens (tertiary/aromatic N) is 1. The van der Waals surface area contributed by atoms with Crippen molar-refractivity contribution < 1.29 is 0 Å². The van der Waals surface area contributed by atoms with Gasteiger partial charge in [0.2, 0.25) is 0 Å². The standard InChI is InChI=1S/C16H34N2/c1-5-14(6-2)13-15(17)16(18(3)4)11-9-7-8-10-12-16/h14-15H,5-13,17H2,1-4H3. The number of rotatable bonds is 6. The highest BCUT2D eigenvalue weighted by atomic mass is 15.2. The lowest BCUT2D eigenvalue weighted by Gasteiger charge is -2.45. The lowest BCUT2D eigenvalue weighted by atomic mass is 9.77. The second kappa shape index (κ2) is 7.49. The molecule has 0 aromatic carbocycles. The zero-order chi connectivity index (χ0) is 13.6. The summed E-state index contributed by atoms with van der Waals surface area (Å²) in [6, 6.07) is 0.343. The number of likely N-dealkylation sites (N-methyl/N-ethyl adjacent to an activating group) is 1. The van der Waals surface area contributed by atoms with Gasteiger partial charge >= 0.3 is 0 Å². The van der Waals surface area contributed by atoms with Crippen molar-refractivity contribution in [1.82, 2.24) is 4.90 Å². The summed E-state index contributed by atoms with van der Waals surface area (Å²) in [5.74, 6) is 0.806. The summed E-state index contributed by atoms with van der Waals surface area (Å²) in [5, 5.41) is 0. The van der Waals surface area contributed by atoms with E-state index >= 15 is 0 Å². The molecule has 2 nitrogen and oxygen atoms in total. The molecule has 1 saturated carbocycles. The number of hydrogen-bond acceptors (Lipinski definition) is 2. The second-order valence-electron chi connectivity index (χ2n) is 6.44. The van der Waals surface area contributed by atoms with Crippen LogP contribution in [0.5, 0.6) is 0 Å². The van der Waals surface area contributed by atoms with Crippen LogP contribution in [0.4, 0.5) is 0 Å². The quantitative estimate of drug-likeness (QED) is 0.731. The van der Waals surface area contributed by atoms with Crippen molar-refractivity contribution in [2.75, 3.05) is 14.1 Å². The smallest absolute Gasteiger partial charge is 0.0354 e. The molecule has 1 rings (SSSR count). The van der Waals surface area contributed by atoms with Crippen LogP contribution in [0.25, 0.3) is 0 Å². The van der Waals surface area contributed by atoms with Gasteiger partial charge in [0.15, 0.2) is 0 Å². The molecular formula is C16H34N2. The van der Waals surface area contributed by atoms with E-state index in [1.807, 2.05) is 0 Å². The normalized spacial score (nSPS) is 22.2. The van der Waals surface area contributed by atoms with E-state index in [-0.39, 0.29) is 5.54 Å². The fraction of sp³-hybridized carbons (Fsp3) is 1.00. The molecule has 108 valence electrons. The van der Waals surface area contributed by atoms with Crippen LogP contribution in [-0.2, 0) is 0 Å². The van der Waals surface area contributed by atoms with Crippen molar-refractivity contribution in [1.29, 1.82) is 0 Å². The van der Waals surface area contributed by atoms with Crippen LogP contribution < -0.4 is 5.73 Å². The van der Waals surface area contributed by atoms with E-state index in [2.05, 4.69) is 32.8 Å². The molecule has 1 fully saturated rings. The van der Waals surface area contributed by atoms with Gasteiger partial charge in [0.25, 0.3) is 0 Å². The highest BCUT2D eigenvalue weighted by Gasteiger charge is 2.39. The fourth-order valence-electron chi connectivity index (χ4n) is 3.69. The molecule has 0 amide bonds. The van der Waals surface area contributed by atoms with Gasteiger partial charge in [0, 0.05) is 11.6 Å². The van der Waals surface area contributed by atoms with Crippen molar-refractivity contribution >= 4 is 0 Å². The topological polar surface area (TPSA) is 29.3 Å². The fourth-order valence-corrected chi connectivity index (χ4v) is 3.69. The predicted molar refractivity (Wildman–Crippen MR) is 80.8 cm³/mol. The second-order valence-corrected chi connectivity index (χ2v) is 6.44. The van der Waals surface area contributed by atoms with Crippen molar-refractivity contribution in [3.8, 4) is 0 Å². The molecule has 0 radical (unpaired) electrons. The van der Waals surface area contributed by atoms with Gasteiger partial charge in [-0.05, 0) is 39.3 Å². The first-order valence-corrected chi connectivity index (χ1v) is 7.99. The minimum Gasteiger partial charge on any atom is -0.326 e. The summed E-state index contributed by atoms with van der Waals surface area (Å²) >= 11 is 0. The Bertz CT molecular complexity index is 213. The van der Waals surface area contributed by atoms with Gasteiger partial charge in [0.05, 0.1) is 0 Å². The van der Waals surface area contributed by atoms with Crippen LogP contribution in [0.15, 0.2) is 0 Å². The Kier molecular flexibility index (Phi) is 6.65. The first-order chi connectivity index (χ1) is 8.56. The summed E-state index contributed by atoms with van der Waals surface area (Å²) in [5.41, 5.74) is 6.93. The number of nitrogens with two attached hydrogens (primary N) is 1. The first kappa shape index (κ1) is 16.0. The van der Waals surface area contributed by atoms with Crippen LogP contribution in [-0.4, -0.2) is 30.6 Å². The van der Waals surface area contributed by atoms with Crippen LogP contribution in [0.3, 0.4) is 0 Å². The maximum absolute atomic E-state index is 6.66. The van der Waals surface area contributed by atoms with Crippen molar-refractivity contribution in [2.24, 2.45) is 11.7 Å². The lowest BCUT2D eigenvalue weighted by Crippen LogP contribution is -2.57. The third kappa shape index (κ3) is 3.71. The molecule has 0 spiro atoms. The zero-order valence-electron chi connectivity index (χ0n) is 13.0. The summed E-state index contributed by atoms with van der Waals surface area (Å²) in [4.78, 5) is 2.44. The molecule has 0 aliphatic heterocycles. The lowest BCUT2D eigenvalue weighted by molar-refractivity contribution is 0.0849. The van der Waals surface area contributed by atoms with Crippen molar-refractivity contribution in [2.45, 2.75) is 83.2 Å². The van der Waals surface area contributed by atoms with Gasteiger partial charge < -0.3 is 10.6 Å². The van der Waals surface area contributed by atoms with Crippen LogP contribution >= 0.6 is 0 Å². The van der Waals surface area contributed by atoms with E-state index in [4.69, 9.17) is 5.73 Å². The molecule has 0 heterocycles. The van der Waals surface area contributed by atoms with Crippen molar-refractivity contribution in [3.05, 3.63) is 0 Å². The molecule has 1 unspecified atom stereocenters. The Balaban J connectivity index is 2.75. The Hall–Kier alpha value is -0.0800. The maximum atomic E-state index is 6.66. The third-order valence-electron chi connectivity index (χ3n) is 5.29.